The number of hydrogen-bond acceptors (Lipinski definition) is 7. The highest BCUT2D eigenvalue weighted by molar-refractivity contribution is 8.41. The number of sulfone groups is 2. The van der Waals surface area contributed by atoms with E-state index < -0.39 is 52.6 Å². The molecule has 0 saturated carbocycles. The second-order valence-corrected chi connectivity index (χ2v) is 8.67. The van der Waals surface area contributed by atoms with E-state index >= 15 is 0 Å². The highest BCUT2D eigenvalue weighted by Gasteiger charge is 2.38. The van der Waals surface area contributed by atoms with Crippen molar-refractivity contribution in [2.24, 2.45) is 0 Å². The number of rotatable bonds is 5. The summed E-state index contributed by atoms with van der Waals surface area (Å²) in [7, 11) is -9.18. The minimum atomic E-state index is -4.69. The van der Waals surface area contributed by atoms with Gasteiger partial charge in [0.1, 0.15) is 0 Å². The quantitative estimate of drug-likeness (QED) is 0.613. The molecule has 0 heterocycles. The third kappa shape index (κ3) is 3.99. The Balaban J connectivity index is 5.29. The van der Waals surface area contributed by atoms with Crippen LogP contribution in [0, 0.1) is 0 Å². The van der Waals surface area contributed by atoms with E-state index in [1.54, 1.807) is 0 Å². The molecule has 0 aromatic heterocycles. The van der Waals surface area contributed by atoms with Crippen molar-refractivity contribution in [1.82, 2.24) is 0 Å². The van der Waals surface area contributed by atoms with Crippen molar-refractivity contribution >= 4 is 47.4 Å². The van der Waals surface area contributed by atoms with Crippen LogP contribution in [0.25, 0.3) is 0 Å². The number of carboxylic acids is 2. The van der Waals surface area contributed by atoms with Crippen molar-refractivity contribution in [3.05, 3.63) is 0 Å². The number of carbonyl (C=O) groups is 2. The van der Waals surface area contributed by atoms with Crippen molar-refractivity contribution < 1.29 is 36.6 Å². The summed E-state index contributed by atoms with van der Waals surface area (Å²) in [4.78, 5) is 20.7. The van der Waals surface area contributed by atoms with Gasteiger partial charge in [-0.15, -0.1) is 0 Å². The van der Waals surface area contributed by atoms with Crippen LogP contribution in [0.4, 0.5) is 0 Å². The Kier molecular flexibility index (Phi) is 5.37. The Morgan fingerprint density at radius 3 is 1.94 bits per heavy atom. The molecule has 0 aliphatic carbocycles. The van der Waals surface area contributed by atoms with Crippen LogP contribution in [0.3, 0.4) is 0 Å². The second kappa shape index (κ2) is 5.71. The molecule has 0 saturated heterocycles. The topological polar surface area (TPSA) is 143 Å². The van der Waals surface area contributed by atoms with Crippen molar-refractivity contribution in [2.45, 2.75) is 18.6 Å². The first kappa shape index (κ1) is 16.9. The molecule has 0 amide bonds. The van der Waals surface area contributed by atoms with E-state index in [2.05, 4.69) is 12.2 Å². The molecule has 0 bridgehead atoms. The maximum atomic E-state index is 11.5. The van der Waals surface area contributed by atoms with Gasteiger partial charge in [0.2, 0.25) is 13.4 Å². The first-order chi connectivity index (χ1) is 7.93. The molecule has 18 heavy (non-hydrogen) atoms. The van der Waals surface area contributed by atoms with Crippen LogP contribution in [0.1, 0.15) is 13.3 Å². The molecular formula is C7H10O8S3. The van der Waals surface area contributed by atoms with Crippen LogP contribution >= 0.6 is 12.2 Å². The molecule has 0 radical (unpaired) electrons. The fourth-order valence-electron chi connectivity index (χ4n) is 0.759. The highest BCUT2D eigenvalue weighted by atomic mass is 32.3. The Bertz CT molecular complexity index is 570. The van der Waals surface area contributed by atoms with Gasteiger partial charge in [-0.1, -0.05) is 12.2 Å². The van der Waals surface area contributed by atoms with E-state index in [9.17, 15) is 26.4 Å². The molecule has 0 aromatic carbocycles. The molecule has 11 heteroatoms. The lowest BCUT2D eigenvalue weighted by molar-refractivity contribution is -0.137. The summed E-state index contributed by atoms with van der Waals surface area (Å²) in [6.45, 7) is 0.774. The van der Waals surface area contributed by atoms with Crippen LogP contribution in [0.15, 0.2) is 0 Å². The fourth-order valence-corrected chi connectivity index (χ4v) is 4.70. The highest BCUT2D eigenvalue weighted by Crippen LogP contribution is 2.12. The van der Waals surface area contributed by atoms with Gasteiger partial charge in [-0.2, -0.15) is 0 Å². The van der Waals surface area contributed by atoms with Gasteiger partial charge < -0.3 is 10.2 Å². The lowest BCUT2D eigenvalue weighted by atomic mass is 10.5. The normalized spacial score (nSPS) is 13.8. The molecule has 1 unspecified atom stereocenters. The van der Waals surface area contributed by atoms with E-state index in [0.29, 0.717) is 0 Å². The average molecular weight is 318 g/mol. The predicted molar refractivity (Wildman–Crippen MR) is 64.7 cm³/mol. The van der Waals surface area contributed by atoms with Gasteiger partial charge in [-0.05, 0) is 6.92 Å². The molecule has 104 valence electrons. The summed E-state index contributed by atoms with van der Waals surface area (Å²) in [5, 5.41) is 14.8. The molecule has 0 fully saturated rings. The number of thiocarbonyl (C=S) groups is 1. The van der Waals surface area contributed by atoms with Gasteiger partial charge in [0.15, 0.2) is 15.1 Å². The standard InChI is InChI=1S/C7H10O8S3/c1-4(6(10)11)18(14,15)7(16)17(12,13)3-2-5(8)9/h4H,2-3H2,1H3,(H,8,9)(H,10,11). The molecule has 0 rings (SSSR count). The Morgan fingerprint density at radius 1 is 1.17 bits per heavy atom. The molecular weight excluding hydrogens is 308 g/mol. The lowest BCUT2D eigenvalue weighted by Crippen LogP contribution is -2.36. The summed E-state index contributed by atoms with van der Waals surface area (Å²) in [5.74, 6) is -4.18. The smallest absolute Gasteiger partial charge is 0.322 e. The van der Waals surface area contributed by atoms with E-state index in [-0.39, 0.29) is 0 Å². The summed E-state index contributed by atoms with van der Waals surface area (Å²) in [6, 6.07) is 0. The predicted octanol–water partition coefficient (Wildman–Crippen LogP) is -0.951. The van der Waals surface area contributed by atoms with Gasteiger partial charge in [-0.25, -0.2) is 16.8 Å². The Morgan fingerprint density at radius 2 is 1.61 bits per heavy atom. The van der Waals surface area contributed by atoms with Crippen molar-refractivity contribution in [3.8, 4) is 0 Å². The molecule has 1 atom stereocenters. The van der Waals surface area contributed by atoms with Gasteiger partial charge in [-0.3, -0.25) is 9.59 Å². The minimum absolute atomic E-state index is 0.774. The van der Waals surface area contributed by atoms with Gasteiger partial charge in [0, 0.05) is 0 Å². The lowest BCUT2D eigenvalue weighted by Gasteiger charge is -2.09. The van der Waals surface area contributed by atoms with E-state index in [4.69, 9.17) is 10.2 Å². The van der Waals surface area contributed by atoms with Crippen LogP contribution in [0.2, 0.25) is 0 Å². The van der Waals surface area contributed by atoms with Gasteiger partial charge in [0.05, 0.1) is 12.2 Å². The summed E-state index contributed by atoms with van der Waals surface area (Å²) >= 11 is 4.24. The minimum Gasteiger partial charge on any atom is -0.481 e. The summed E-state index contributed by atoms with van der Waals surface area (Å²) < 4.78 is 44.5. The molecule has 0 aliphatic rings. The monoisotopic (exact) mass is 318 g/mol. The summed E-state index contributed by atoms with van der Waals surface area (Å²) in [5.41, 5.74) is 0. The van der Waals surface area contributed by atoms with E-state index in [0.717, 1.165) is 6.92 Å². The second-order valence-electron chi connectivity index (χ2n) is 3.24. The third-order valence-corrected chi connectivity index (χ3v) is 7.65. The van der Waals surface area contributed by atoms with Crippen LogP contribution < -0.4 is 0 Å². The largest absolute Gasteiger partial charge is 0.481 e. The van der Waals surface area contributed by atoms with E-state index in [1.165, 1.54) is 0 Å². The average Bonchev–Trinajstić information content (AvgIpc) is 2.24. The first-order valence-corrected chi connectivity index (χ1v) is 7.99. The number of aliphatic carboxylic acids is 2. The third-order valence-electron chi connectivity index (χ3n) is 1.88. The fraction of sp³-hybridized carbons (Fsp3) is 0.571. The molecule has 0 aliphatic heterocycles. The van der Waals surface area contributed by atoms with Crippen molar-refractivity contribution in [2.75, 3.05) is 5.75 Å². The zero-order chi connectivity index (χ0) is 14.7. The zero-order valence-corrected chi connectivity index (χ0v) is 11.5. The first-order valence-electron chi connectivity index (χ1n) is 4.38. The van der Waals surface area contributed by atoms with Crippen LogP contribution in [0.5, 0.6) is 0 Å². The number of carboxylic acid groups (broad SMARTS) is 2. The zero-order valence-electron chi connectivity index (χ0n) is 9.06. The maximum absolute atomic E-state index is 11.5. The van der Waals surface area contributed by atoms with Crippen molar-refractivity contribution in [3.63, 3.8) is 0 Å². The molecule has 2 N–H and O–H groups in total. The Hall–Kier alpha value is -1.07. The van der Waals surface area contributed by atoms with Gasteiger partial charge in [0.25, 0.3) is 0 Å². The van der Waals surface area contributed by atoms with Crippen LogP contribution in [-0.2, 0) is 29.3 Å². The molecule has 0 spiro atoms. The van der Waals surface area contributed by atoms with E-state index in [1.807, 2.05) is 0 Å². The Labute approximate surface area is 108 Å². The maximum Gasteiger partial charge on any atom is 0.322 e. The SMILES string of the molecule is CC(C(=O)O)S(=O)(=O)C(=S)S(=O)(=O)CCC(=O)O. The van der Waals surface area contributed by atoms with Crippen molar-refractivity contribution in [1.29, 1.82) is 0 Å². The summed E-state index contributed by atoms with van der Waals surface area (Å²) in [6.07, 6.45) is -0.820. The number of hydrogen-bond donors (Lipinski definition) is 2. The molecule has 8 nitrogen and oxygen atoms in total. The molecule has 0 aromatic rings. The van der Waals surface area contributed by atoms with Crippen LogP contribution in [-0.4, -0.2) is 53.5 Å². The van der Waals surface area contributed by atoms with Gasteiger partial charge >= 0.3 is 11.9 Å².